The van der Waals surface area contributed by atoms with Crippen molar-refractivity contribution < 1.29 is 10.0 Å². The quantitative estimate of drug-likeness (QED) is 0.0806. The Hall–Kier alpha value is -6.10. The Kier molecular flexibility index (Phi) is 13.8. The minimum atomic E-state index is -1.46. The van der Waals surface area contributed by atoms with E-state index in [1.807, 2.05) is 65.1 Å². The van der Waals surface area contributed by atoms with Crippen LogP contribution in [0, 0.1) is 7.14 Å². The third-order valence-electron chi connectivity index (χ3n) is 15.0. The largest absolute Gasteiger partial charge is 0.489 e. The van der Waals surface area contributed by atoms with E-state index in [1.165, 1.54) is 98.9 Å². The molecule has 0 bridgehead atoms. The summed E-state index contributed by atoms with van der Waals surface area (Å²) in [5.41, 5.74) is 22.9. The van der Waals surface area contributed by atoms with Crippen LogP contribution in [0.2, 0.25) is 0 Å². The molecule has 11 aromatic carbocycles. The topological polar surface area (TPSA) is 92.5 Å². The maximum absolute atomic E-state index is 9.65. The molecule has 384 valence electrons. The lowest BCUT2D eigenvalue weighted by Gasteiger charge is -2.24. The number of benzene rings is 11. The highest BCUT2D eigenvalue weighted by Crippen LogP contribution is 2.49. The maximum atomic E-state index is 9.65. The third kappa shape index (κ3) is 9.40. The van der Waals surface area contributed by atoms with Crippen molar-refractivity contribution in [2.24, 2.45) is 0 Å². The zero-order valence-corrected chi connectivity index (χ0v) is 50.8. The number of rotatable bonds is 3. The molecule has 6 N–H and O–H groups in total. The van der Waals surface area contributed by atoms with E-state index in [4.69, 9.17) is 11.5 Å². The van der Waals surface area contributed by atoms with E-state index in [1.54, 1.807) is 11.3 Å². The second-order valence-electron chi connectivity index (χ2n) is 22.1. The van der Waals surface area contributed by atoms with Gasteiger partial charge >= 0.3 is 7.12 Å². The molecule has 0 spiro atoms. The van der Waals surface area contributed by atoms with E-state index in [9.17, 15) is 10.0 Å². The second kappa shape index (κ2) is 20.5. The van der Waals surface area contributed by atoms with Crippen molar-refractivity contribution in [2.75, 3.05) is 11.5 Å². The lowest BCUT2D eigenvalue weighted by atomic mass is 9.76. The summed E-state index contributed by atoms with van der Waals surface area (Å²) in [6.07, 6.45) is 0. The predicted molar refractivity (Wildman–Crippen MR) is 363 cm³/mol. The minimum Gasteiger partial charge on any atom is -0.423 e. The van der Waals surface area contributed by atoms with Crippen LogP contribution in [-0.2, 0) is 10.8 Å². The van der Waals surface area contributed by atoms with Crippen LogP contribution in [0.3, 0.4) is 0 Å². The van der Waals surface area contributed by atoms with Crippen LogP contribution in [0.25, 0.3) is 115 Å². The van der Waals surface area contributed by atoms with Crippen LogP contribution >= 0.6 is 79.2 Å². The van der Waals surface area contributed by atoms with Crippen molar-refractivity contribution in [1.82, 2.24) is 0 Å². The van der Waals surface area contributed by atoms with Crippen LogP contribution < -0.4 is 16.9 Å². The van der Waals surface area contributed by atoms with Gasteiger partial charge in [-0.2, -0.15) is 0 Å². The predicted octanol–water partition coefficient (Wildman–Crippen LogP) is 19.6. The molecule has 0 fully saturated rings. The molecule has 0 radical (unpaired) electrons. The Morgan fingerprint density at radius 3 is 1.03 bits per heavy atom. The molecular formula is C68H55BI2N2O2S3. The average molecular weight is 1290 g/mol. The number of hydrogen-bond acceptors (Lipinski definition) is 7. The summed E-state index contributed by atoms with van der Waals surface area (Å²) >= 11 is 10.1. The van der Waals surface area contributed by atoms with Crippen molar-refractivity contribution in [3.8, 4) is 22.3 Å². The molecule has 0 aliphatic heterocycles. The van der Waals surface area contributed by atoms with Gasteiger partial charge in [0.2, 0.25) is 0 Å². The summed E-state index contributed by atoms with van der Waals surface area (Å²) in [7, 11) is -1.46. The fourth-order valence-corrected chi connectivity index (χ4v) is 16.3. The second-order valence-corrected chi connectivity index (χ2v) is 27.6. The highest BCUT2D eigenvalue weighted by atomic mass is 127. The lowest BCUT2D eigenvalue weighted by molar-refractivity contribution is 0.426. The molecule has 10 heteroatoms. The molecule has 0 unspecified atom stereocenters. The molecule has 0 saturated carbocycles. The zero-order valence-electron chi connectivity index (χ0n) is 44.0. The molecule has 0 atom stereocenters. The highest BCUT2D eigenvalue weighted by molar-refractivity contribution is 14.1. The highest BCUT2D eigenvalue weighted by Gasteiger charge is 2.25. The lowest BCUT2D eigenvalue weighted by Crippen LogP contribution is -2.30. The Labute approximate surface area is 493 Å². The van der Waals surface area contributed by atoms with Gasteiger partial charge in [-0.05, 0) is 160 Å². The SMILES string of the molecule is CC(C)(C)c1cc(-c2cc3c4ccccc4sc3c3ccccc23)c(N)c(-c2cc3c4ccccc4sc3c3ccccc23)c1.CC(C)(C)c1cc(I)c(N)c(I)c1.OB(O)c1cc2c3ccccc3sc2c2ccccc12. The van der Waals surface area contributed by atoms with Gasteiger partial charge in [0.1, 0.15) is 0 Å². The monoisotopic (exact) mass is 1290 g/mol. The number of hydrogen-bond donors (Lipinski definition) is 4. The van der Waals surface area contributed by atoms with Crippen LogP contribution in [0.15, 0.2) is 188 Å². The first-order valence-corrected chi connectivity index (χ1v) is 30.6. The van der Waals surface area contributed by atoms with Crippen LogP contribution in [0.5, 0.6) is 0 Å². The van der Waals surface area contributed by atoms with Crippen molar-refractivity contribution in [3.05, 3.63) is 206 Å². The zero-order chi connectivity index (χ0) is 54.4. The van der Waals surface area contributed by atoms with Crippen molar-refractivity contribution in [3.63, 3.8) is 0 Å². The molecule has 0 saturated heterocycles. The molecule has 0 aliphatic rings. The van der Waals surface area contributed by atoms with E-state index < -0.39 is 7.12 Å². The smallest absolute Gasteiger partial charge is 0.423 e. The summed E-state index contributed by atoms with van der Waals surface area (Å²) in [5, 5.41) is 33.8. The molecule has 0 aliphatic carbocycles. The summed E-state index contributed by atoms with van der Waals surface area (Å²) < 4.78 is 10.0. The fraction of sp³-hybridized carbons (Fsp3) is 0.118. The third-order valence-corrected chi connectivity index (χ3v) is 20.5. The number of thiophene rings is 3. The molecule has 14 rings (SSSR count). The van der Waals surface area contributed by atoms with Crippen LogP contribution in [0.1, 0.15) is 52.7 Å². The maximum Gasteiger partial charge on any atom is 0.489 e. The minimum absolute atomic E-state index is 0.0683. The summed E-state index contributed by atoms with van der Waals surface area (Å²) in [4.78, 5) is 0. The first kappa shape index (κ1) is 52.6. The van der Waals surface area contributed by atoms with Gasteiger partial charge in [-0.25, -0.2) is 0 Å². The van der Waals surface area contributed by atoms with E-state index in [0.29, 0.717) is 5.46 Å². The van der Waals surface area contributed by atoms with Crippen molar-refractivity contribution >= 4 is 196 Å². The van der Waals surface area contributed by atoms with Gasteiger partial charge in [-0.15, -0.1) is 34.0 Å². The van der Waals surface area contributed by atoms with E-state index in [0.717, 1.165) is 45.8 Å². The van der Waals surface area contributed by atoms with Crippen molar-refractivity contribution in [1.29, 1.82) is 0 Å². The molecule has 0 amide bonds. The van der Waals surface area contributed by atoms with Crippen LogP contribution in [0.4, 0.5) is 11.4 Å². The van der Waals surface area contributed by atoms with E-state index in [-0.39, 0.29) is 10.8 Å². The number of halogens is 2. The molecule has 4 nitrogen and oxygen atoms in total. The Bertz CT molecular complexity index is 4500. The van der Waals surface area contributed by atoms with Gasteiger partial charge in [0.25, 0.3) is 0 Å². The van der Waals surface area contributed by atoms with Gasteiger partial charge in [-0.1, -0.05) is 175 Å². The number of anilines is 2. The van der Waals surface area contributed by atoms with Gasteiger partial charge in [-0.3, -0.25) is 0 Å². The molecule has 3 aromatic heterocycles. The molecule has 78 heavy (non-hydrogen) atoms. The number of nitrogens with two attached hydrogens (primary N) is 2. The van der Waals surface area contributed by atoms with Crippen LogP contribution in [-0.4, -0.2) is 17.2 Å². The fourth-order valence-electron chi connectivity index (χ4n) is 10.9. The average Bonchev–Trinajstić information content (AvgIpc) is 4.32. The Morgan fingerprint density at radius 2 is 0.654 bits per heavy atom. The Balaban J connectivity index is 0.000000151. The standard InChI is InChI=1S/C42H31NS2.C16H11BO2S.C10H13I2N/c1-42(2,3)24-20-33(31-22-35-27-14-8-10-18-37(27)44-40(35)29-16-6-4-12-25(29)31)39(43)34(21-24)32-23-36-28-15-9-11-19-38(28)45-41(36)30-17-7-5-13-26(30)32;18-17(19)14-9-13-11-6-3-4-8-15(11)20-16(13)12-7-2-1-5-10(12)14;1-10(2,3)6-4-7(11)9(13)8(12)5-6/h4-23H,43H2,1-3H3;1-9,18-19H;4-5H,13H2,1-3H3. The van der Waals surface area contributed by atoms with E-state index in [2.05, 4.69) is 232 Å². The summed E-state index contributed by atoms with van der Waals surface area (Å²) in [6, 6.07) is 67.0. The summed E-state index contributed by atoms with van der Waals surface area (Å²) in [6.45, 7) is 13.5. The van der Waals surface area contributed by atoms with Gasteiger partial charge in [0, 0.05) is 95.2 Å². The van der Waals surface area contributed by atoms with Gasteiger partial charge in [0.15, 0.2) is 0 Å². The molecule has 3 heterocycles. The molecular weight excluding hydrogens is 1240 g/mol. The van der Waals surface area contributed by atoms with E-state index >= 15 is 0 Å². The normalized spacial score (nSPS) is 12.1. The first-order chi connectivity index (χ1) is 37.4. The Morgan fingerprint density at radius 1 is 0.346 bits per heavy atom. The molecule has 14 aromatic rings. The van der Waals surface area contributed by atoms with Gasteiger partial charge < -0.3 is 21.5 Å². The number of fused-ring (bicyclic) bond motifs is 15. The first-order valence-electron chi connectivity index (χ1n) is 26.0. The number of nitrogen functional groups attached to an aromatic ring is 2. The van der Waals surface area contributed by atoms with Gasteiger partial charge in [0.05, 0.1) is 5.69 Å². The van der Waals surface area contributed by atoms with Crippen molar-refractivity contribution in [2.45, 2.75) is 52.4 Å². The summed E-state index contributed by atoms with van der Waals surface area (Å²) in [5.74, 6) is 0.